The van der Waals surface area contributed by atoms with E-state index in [1.54, 1.807) is 6.07 Å². The van der Waals surface area contributed by atoms with Crippen LogP contribution in [0, 0.1) is 5.82 Å². The van der Waals surface area contributed by atoms with Gasteiger partial charge in [0.1, 0.15) is 5.82 Å². The monoisotopic (exact) mass is 216 g/mol. The molecule has 1 aromatic rings. The van der Waals surface area contributed by atoms with Gasteiger partial charge in [-0.15, -0.1) is 0 Å². The normalized spacial score (nSPS) is 20.8. The summed E-state index contributed by atoms with van der Waals surface area (Å²) in [5.74, 6) is -0.224. The molecule has 2 aliphatic heterocycles. The smallest absolute Gasteiger partial charge is 0.125 e. The Hall–Kier alpha value is -1.64. The molecule has 0 unspecified atom stereocenters. The molecule has 0 atom stereocenters. The summed E-state index contributed by atoms with van der Waals surface area (Å²) >= 11 is 0. The molecule has 2 heterocycles. The lowest BCUT2D eigenvalue weighted by atomic mass is 10.1. The van der Waals surface area contributed by atoms with Crippen LogP contribution in [0.25, 0.3) is 5.57 Å². The first-order valence-electron chi connectivity index (χ1n) is 5.63. The van der Waals surface area contributed by atoms with Crippen LogP contribution in [0.2, 0.25) is 0 Å². The predicted molar refractivity (Wildman–Crippen MR) is 63.3 cm³/mol. The van der Waals surface area contributed by atoms with E-state index in [2.05, 4.69) is 16.1 Å². The van der Waals surface area contributed by atoms with Gasteiger partial charge in [0.15, 0.2) is 0 Å². The van der Waals surface area contributed by atoms with E-state index in [9.17, 15) is 4.39 Å². The van der Waals surface area contributed by atoms with Crippen LogP contribution < -0.4 is 0 Å². The van der Waals surface area contributed by atoms with Crippen molar-refractivity contribution in [2.24, 2.45) is 4.99 Å². The molecular weight excluding hydrogens is 203 g/mol. The molecule has 0 amide bonds. The van der Waals surface area contributed by atoms with Gasteiger partial charge in [-0.25, -0.2) is 4.39 Å². The standard InChI is InChI=1S/C13H13FN2/c14-11-3-4-12-10(8-15-13(12)7-11)9-16-5-1-2-6-16/h3-4,7-9H,1-2,5-6H2/b10-9+. The average molecular weight is 216 g/mol. The van der Waals surface area contributed by atoms with Crippen LogP contribution in [-0.2, 0) is 0 Å². The van der Waals surface area contributed by atoms with Gasteiger partial charge in [-0.05, 0) is 25.0 Å². The third-order valence-corrected chi connectivity index (χ3v) is 3.08. The minimum Gasteiger partial charge on any atom is -0.377 e. The summed E-state index contributed by atoms with van der Waals surface area (Å²) in [5, 5.41) is 0. The zero-order valence-corrected chi connectivity index (χ0v) is 8.99. The second-order valence-electron chi connectivity index (χ2n) is 4.25. The molecule has 16 heavy (non-hydrogen) atoms. The van der Waals surface area contributed by atoms with E-state index in [0.717, 1.165) is 29.9 Å². The second-order valence-corrected chi connectivity index (χ2v) is 4.25. The summed E-state index contributed by atoms with van der Waals surface area (Å²) in [6.07, 6.45) is 6.48. The van der Waals surface area contributed by atoms with Crippen LogP contribution in [0.1, 0.15) is 18.4 Å². The van der Waals surface area contributed by atoms with Crippen LogP contribution in [0.15, 0.2) is 29.4 Å². The first-order valence-corrected chi connectivity index (χ1v) is 5.63. The number of halogens is 1. The number of nitrogens with zero attached hydrogens (tertiary/aromatic N) is 2. The Morgan fingerprint density at radius 2 is 2.06 bits per heavy atom. The van der Waals surface area contributed by atoms with Crippen molar-refractivity contribution in [3.63, 3.8) is 0 Å². The van der Waals surface area contributed by atoms with Gasteiger partial charge < -0.3 is 4.90 Å². The molecule has 0 N–H and O–H groups in total. The average Bonchev–Trinajstić information content (AvgIpc) is 2.89. The van der Waals surface area contributed by atoms with E-state index in [1.807, 2.05) is 6.21 Å². The van der Waals surface area contributed by atoms with Crippen LogP contribution in [0.4, 0.5) is 10.1 Å². The lowest BCUT2D eigenvalue weighted by Crippen LogP contribution is -2.11. The van der Waals surface area contributed by atoms with Crippen molar-refractivity contribution >= 4 is 17.5 Å². The Kier molecular flexibility index (Phi) is 2.24. The lowest BCUT2D eigenvalue weighted by Gasteiger charge is -2.12. The van der Waals surface area contributed by atoms with E-state index in [-0.39, 0.29) is 5.82 Å². The Morgan fingerprint density at radius 1 is 1.25 bits per heavy atom. The van der Waals surface area contributed by atoms with Gasteiger partial charge in [-0.1, -0.05) is 0 Å². The Balaban J connectivity index is 1.93. The summed E-state index contributed by atoms with van der Waals surface area (Å²) < 4.78 is 13.0. The molecule has 0 bridgehead atoms. The first-order chi connectivity index (χ1) is 7.83. The minimum atomic E-state index is -0.224. The molecular formula is C13H13FN2. The van der Waals surface area contributed by atoms with Crippen molar-refractivity contribution in [3.05, 3.63) is 35.8 Å². The molecule has 2 nitrogen and oxygen atoms in total. The fourth-order valence-corrected chi connectivity index (χ4v) is 2.23. The van der Waals surface area contributed by atoms with Crippen molar-refractivity contribution < 1.29 is 4.39 Å². The van der Waals surface area contributed by atoms with E-state index in [4.69, 9.17) is 0 Å². The quantitative estimate of drug-likeness (QED) is 0.704. The Bertz CT molecular complexity index is 471. The van der Waals surface area contributed by atoms with Gasteiger partial charge in [0.05, 0.1) is 5.69 Å². The van der Waals surface area contributed by atoms with Crippen molar-refractivity contribution in [2.45, 2.75) is 12.8 Å². The third-order valence-electron chi connectivity index (χ3n) is 3.08. The molecule has 0 saturated carbocycles. The zero-order valence-electron chi connectivity index (χ0n) is 8.99. The lowest BCUT2D eigenvalue weighted by molar-refractivity contribution is 0.470. The SMILES string of the molecule is Fc1ccc2c(c1)N=C/C2=C\N1CCCC1. The number of allylic oxidation sites excluding steroid dienone is 1. The molecule has 2 aliphatic rings. The van der Waals surface area contributed by atoms with E-state index < -0.39 is 0 Å². The number of benzene rings is 1. The molecule has 3 rings (SSSR count). The Labute approximate surface area is 94.1 Å². The highest BCUT2D eigenvalue weighted by molar-refractivity contribution is 6.16. The maximum Gasteiger partial charge on any atom is 0.125 e. The van der Waals surface area contributed by atoms with E-state index >= 15 is 0 Å². The minimum absolute atomic E-state index is 0.224. The number of aliphatic imine (C=N–C) groups is 1. The van der Waals surface area contributed by atoms with Crippen molar-refractivity contribution in [3.8, 4) is 0 Å². The highest BCUT2D eigenvalue weighted by Crippen LogP contribution is 2.32. The second kappa shape index (κ2) is 3.74. The summed E-state index contributed by atoms with van der Waals surface area (Å²) in [7, 11) is 0. The molecule has 0 spiro atoms. The van der Waals surface area contributed by atoms with Gasteiger partial charge in [0.25, 0.3) is 0 Å². The maximum atomic E-state index is 13.0. The molecule has 0 aromatic heterocycles. The van der Waals surface area contributed by atoms with Gasteiger partial charge in [0, 0.05) is 42.7 Å². The van der Waals surface area contributed by atoms with Gasteiger partial charge in [-0.2, -0.15) is 0 Å². The van der Waals surface area contributed by atoms with E-state index in [0.29, 0.717) is 0 Å². The molecule has 1 aromatic carbocycles. The fraction of sp³-hybridized carbons (Fsp3) is 0.308. The first kappa shape index (κ1) is 9.58. The predicted octanol–water partition coefficient (Wildman–Crippen LogP) is 2.98. The van der Waals surface area contributed by atoms with E-state index in [1.165, 1.54) is 25.0 Å². The number of fused-ring (bicyclic) bond motifs is 1. The third kappa shape index (κ3) is 1.62. The topological polar surface area (TPSA) is 15.6 Å². The highest BCUT2D eigenvalue weighted by Gasteiger charge is 2.15. The number of likely N-dealkylation sites (tertiary alicyclic amines) is 1. The van der Waals surface area contributed by atoms with Crippen molar-refractivity contribution in [1.82, 2.24) is 4.90 Å². The molecule has 82 valence electrons. The molecule has 1 fully saturated rings. The molecule has 3 heteroatoms. The van der Waals surface area contributed by atoms with Crippen LogP contribution in [0.5, 0.6) is 0 Å². The number of hydrogen-bond acceptors (Lipinski definition) is 2. The molecule has 0 aliphatic carbocycles. The van der Waals surface area contributed by atoms with Crippen molar-refractivity contribution in [2.75, 3.05) is 13.1 Å². The highest BCUT2D eigenvalue weighted by atomic mass is 19.1. The van der Waals surface area contributed by atoms with Crippen LogP contribution >= 0.6 is 0 Å². The maximum absolute atomic E-state index is 13.0. The molecule has 1 saturated heterocycles. The molecule has 0 radical (unpaired) electrons. The van der Waals surface area contributed by atoms with Crippen LogP contribution in [-0.4, -0.2) is 24.2 Å². The summed E-state index contributed by atoms with van der Waals surface area (Å²) in [6, 6.07) is 4.78. The summed E-state index contributed by atoms with van der Waals surface area (Å²) in [5.41, 5.74) is 2.87. The number of rotatable bonds is 1. The van der Waals surface area contributed by atoms with Gasteiger partial charge >= 0.3 is 0 Å². The number of hydrogen-bond donors (Lipinski definition) is 0. The largest absolute Gasteiger partial charge is 0.377 e. The van der Waals surface area contributed by atoms with Gasteiger partial charge in [-0.3, -0.25) is 4.99 Å². The Morgan fingerprint density at radius 3 is 2.88 bits per heavy atom. The summed E-state index contributed by atoms with van der Waals surface area (Å²) in [4.78, 5) is 6.53. The van der Waals surface area contributed by atoms with Crippen LogP contribution in [0.3, 0.4) is 0 Å². The fourth-order valence-electron chi connectivity index (χ4n) is 2.23. The summed E-state index contributed by atoms with van der Waals surface area (Å²) in [6.45, 7) is 2.24. The van der Waals surface area contributed by atoms with Crippen molar-refractivity contribution in [1.29, 1.82) is 0 Å². The van der Waals surface area contributed by atoms with Gasteiger partial charge in [0.2, 0.25) is 0 Å². The zero-order chi connectivity index (χ0) is 11.0.